The van der Waals surface area contributed by atoms with Crippen LogP contribution in [-0.2, 0) is 29.7 Å². The number of hydrogen-bond donors (Lipinski definition) is 1. The third-order valence-electron chi connectivity index (χ3n) is 9.30. The van der Waals surface area contributed by atoms with Crippen LogP contribution in [0.2, 0.25) is 0 Å². The van der Waals surface area contributed by atoms with Crippen molar-refractivity contribution in [2.24, 2.45) is 17.3 Å². The Hall–Kier alpha value is -2.53. The molecule has 0 aliphatic heterocycles. The van der Waals surface area contributed by atoms with Crippen LogP contribution in [0.4, 0.5) is 0 Å². The average molecular weight is 614 g/mol. The van der Waals surface area contributed by atoms with Gasteiger partial charge in [0.1, 0.15) is 0 Å². The monoisotopic (exact) mass is 613 g/mol. The second-order valence-corrected chi connectivity index (χ2v) is 18.8. The van der Waals surface area contributed by atoms with Crippen molar-refractivity contribution in [3.05, 3.63) is 90.5 Å². The molecule has 10 heteroatoms. The summed E-state index contributed by atoms with van der Waals surface area (Å²) in [4.78, 5) is 0.150. The minimum absolute atomic E-state index is 0.0241. The first-order valence-corrected chi connectivity index (χ1v) is 18.6. The van der Waals surface area contributed by atoms with Gasteiger partial charge in [0, 0.05) is 5.54 Å². The summed E-state index contributed by atoms with van der Waals surface area (Å²) >= 11 is 0. The van der Waals surface area contributed by atoms with Gasteiger partial charge in [-0.1, -0.05) is 54.1 Å². The minimum atomic E-state index is -4.28. The van der Waals surface area contributed by atoms with Crippen LogP contribution < -0.4 is 4.72 Å². The topological polar surface area (TPSA) is 114 Å². The van der Waals surface area contributed by atoms with Gasteiger partial charge < -0.3 is 0 Å². The van der Waals surface area contributed by atoms with E-state index in [1.165, 1.54) is 24.3 Å². The van der Waals surface area contributed by atoms with Crippen LogP contribution in [0.3, 0.4) is 0 Å². The van der Waals surface area contributed by atoms with E-state index in [0.29, 0.717) is 32.1 Å². The molecule has 0 heterocycles. The van der Waals surface area contributed by atoms with Crippen LogP contribution in [-0.4, -0.2) is 35.4 Å². The molecule has 0 radical (unpaired) electrons. The molecule has 0 saturated heterocycles. The summed E-state index contributed by atoms with van der Waals surface area (Å²) in [7, 11) is -12.4. The Morgan fingerprint density at radius 2 is 1.17 bits per heavy atom. The van der Waals surface area contributed by atoms with Gasteiger partial charge in [0.05, 0.1) is 14.7 Å². The fourth-order valence-corrected chi connectivity index (χ4v) is 14.4. The maximum Gasteiger partial charge on any atom is 0.241 e. The predicted molar refractivity (Wildman–Crippen MR) is 157 cm³/mol. The summed E-state index contributed by atoms with van der Waals surface area (Å²) in [6.45, 7) is 1.90. The maximum atomic E-state index is 14.1. The third-order valence-corrected chi connectivity index (χ3v) is 16.0. The molecule has 0 amide bonds. The van der Waals surface area contributed by atoms with Crippen molar-refractivity contribution >= 4 is 29.7 Å². The van der Waals surface area contributed by atoms with E-state index >= 15 is 0 Å². The fraction of sp³-hybridized carbons (Fsp3) is 0.419. The van der Waals surface area contributed by atoms with Gasteiger partial charge in [-0.25, -0.2) is 30.0 Å². The van der Waals surface area contributed by atoms with Crippen LogP contribution >= 0.6 is 0 Å². The van der Waals surface area contributed by atoms with E-state index < -0.39 is 45.2 Å². The summed E-state index contributed by atoms with van der Waals surface area (Å²) in [5.41, 5.74) is -0.386. The molecule has 2 atom stereocenters. The molecule has 218 valence electrons. The number of benzene rings is 3. The summed E-state index contributed by atoms with van der Waals surface area (Å²) in [6, 6.07) is 22.3. The van der Waals surface area contributed by atoms with E-state index in [0.717, 1.165) is 12.0 Å². The predicted octanol–water partition coefficient (Wildman–Crippen LogP) is 5.28. The summed E-state index contributed by atoms with van der Waals surface area (Å²) < 4.78 is 84.9. The lowest BCUT2D eigenvalue weighted by Crippen LogP contribution is -2.63. The highest BCUT2D eigenvalue weighted by Gasteiger charge is 2.60. The van der Waals surface area contributed by atoms with E-state index in [2.05, 4.69) is 4.72 Å². The normalized spacial score (nSPS) is 27.8. The zero-order valence-corrected chi connectivity index (χ0v) is 25.4. The lowest BCUT2D eigenvalue weighted by molar-refractivity contribution is -0.0756. The number of nitrogens with one attached hydrogen (secondary N) is 1. The standard InChI is InChI=1S/C31H35NO6S3/c1-23-12-14-28(15-13-23)41(37,38)32-31-19-24-16-25(20-31)18-30(17-24,22-31)21-29(39(33,34)26-8-4-2-5-9-26)40(35,36)27-10-6-3-7-11-27/h2-15,24-25,29,32H,16-22H2,1H3. The molecule has 2 unspecified atom stereocenters. The van der Waals surface area contributed by atoms with E-state index in [1.807, 2.05) is 6.92 Å². The molecule has 3 aromatic rings. The lowest BCUT2D eigenvalue weighted by Gasteiger charge is -2.62. The Kier molecular flexibility index (Phi) is 7.00. The van der Waals surface area contributed by atoms with Crippen LogP contribution in [0.15, 0.2) is 99.6 Å². The van der Waals surface area contributed by atoms with Crippen LogP contribution in [0.25, 0.3) is 0 Å². The highest BCUT2D eigenvalue weighted by atomic mass is 32.3. The molecule has 4 fully saturated rings. The zero-order valence-electron chi connectivity index (χ0n) is 22.9. The maximum absolute atomic E-state index is 14.1. The lowest BCUT2D eigenvalue weighted by atomic mass is 9.46. The first kappa shape index (κ1) is 28.6. The molecule has 7 rings (SSSR count). The molecule has 4 bridgehead atoms. The Morgan fingerprint density at radius 1 is 0.683 bits per heavy atom. The molecular formula is C31H35NO6S3. The first-order chi connectivity index (χ1) is 19.3. The van der Waals surface area contributed by atoms with Gasteiger partial charge in [0.25, 0.3) is 0 Å². The first-order valence-electron chi connectivity index (χ1n) is 14.0. The molecule has 4 aliphatic rings. The van der Waals surface area contributed by atoms with E-state index in [4.69, 9.17) is 0 Å². The zero-order chi connectivity index (χ0) is 29.1. The van der Waals surface area contributed by atoms with Gasteiger partial charge in [-0.3, -0.25) is 0 Å². The number of rotatable bonds is 9. The molecule has 3 aromatic carbocycles. The summed E-state index contributed by atoms with van der Waals surface area (Å²) in [6.07, 6.45) is 4.06. The molecule has 7 nitrogen and oxygen atoms in total. The van der Waals surface area contributed by atoms with Crippen molar-refractivity contribution in [3.8, 4) is 0 Å². The Morgan fingerprint density at radius 3 is 1.66 bits per heavy atom. The molecular weight excluding hydrogens is 579 g/mol. The highest BCUT2D eigenvalue weighted by molar-refractivity contribution is 8.09. The van der Waals surface area contributed by atoms with E-state index in [9.17, 15) is 25.3 Å². The third kappa shape index (κ3) is 5.28. The number of hydrogen-bond acceptors (Lipinski definition) is 6. The van der Waals surface area contributed by atoms with Crippen molar-refractivity contribution < 1.29 is 25.3 Å². The molecule has 1 N–H and O–H groups in total. The van der Waals surface area contributed by atoms with Gasteiger partial charge in [0.15, 0.2) is 24.3 Å². The van der Waals surface area contributed by atoms with Crippen molar-refractivity contribution in [2.45, 2.75) is 76.7 Å². The van der Waals surface area contributed by atoms with Crippen LogP contribution in [0, 0.1) is 24.2 Å². The fourth-order valence-electron chi connectivity index (χ4n) is 8.14. The molecule has 4 saturated carbocycles. The summed E-state index contributed by atoms with van der Waals surface area (Å²) in [5.74, 6) is 0.410. The van der Waals surface area contributed by atoms with Crippen LogP contribution in [0.5, 0.6) is 0 Å². The van der Waals surface area contributed by atoms with Gasteiger partial charge in [0.2, 0.25) is 10.0 Å². The SMILES string of the molecule is Cc1ccc(S(=O)(=O)NC23CC4CC(CC(CC(S(=O)(=O)c5ccccc5)S(=O)(=O)c5ccccc5)(C4)C2)C3)cc1. The Labute approximate surface area is 243 Å². The molecule has 0 aromatic heterocycles. The average Bonchev–Trinajstić information content (AvgIpc) is 2.91. The molecule has 0 spiro atoms. The second kappa shape index (κ2) is 10.0. The van der Waals surface area contributed by atoms with Crippen molar-refractivity contribution in [1.29, 1.82) is 0 Å². The molecule has 41 heavy (non-hydrogen) atoms. The second-order valence-electron chi connectivity index (χ2n) is 12.5. The van der Waals surface area contributed by atoms with Crippen LogP contribution in [0.1, 0.15) is 50.5 Å². The Balaban J connectivity index is 1.39. The van der Waals surface area contributed by atoms with Gasteiger partial charge >= 0.3 is 0 Å². The number of aryl methyl sites for hydroxylation is 1. The van der Waals surface area contributed by atoms with E-state index in [1.54, 1.807) is 60.7 Å². The van der Waals surface area contributed by atoms with Gasteiger partial charge in [-0.05, 0) is 106 Å². The highest BCUT2D eigenvalue weighted by Crippen LogP contribution is 2.64. The minimum Gasteiger partial charge on any atom is -0.222 e. The Bertz CT molecular complexity index is 1670. The van der Waals surface area contributed by atoms with Crippen molar-refractivity contribution in [1.82, 2.24) is 4.72 Å². The van der Waals surface area contributed by atoms with Crippen molar-refractivity contribution in [3.63, 3.8) is 0 Å². The number of sulfone groups is 2. The van der Waals surface area contributed by atoms with Crippen molar-refractivity contribution in [2.75, 3.05) is 0 Å². The van der Waals surface area contributed by atoms with Gasteiger partial charge in [-0.2, -0.15) is 0 Å². The smallest absolute Gasteiger partial charge is 0.222 e. The van der Waals surface area contributed by atoms with Gasteiger partial charge in [-0.15, -0.1) is 0 Å². The quantitative estimate of drug-likeness (QED) is 0.352. The molecule has 4 aliphatic carbocycles. The largest absolute Gasteiger partial charge is 0.241 e. The van der Waals surface area contributed by atoms with E-state index in [-0.39, 0.29) is 32.9 Å². The number of sulfonamides is 1. The summed E-state index contributed by atoms with van der Waals surface area (Å²) in [5, 5.41) is 0.